The van der Waals surface area contributed by atoms with E-state index in [1.807, 2.05) is 6.33 Å². The molecule has 1 heterocycles. The molecule has 0 saturated heterocycles. The van der Waals surface area contributed by atoms with E-state index in [1.54, 1.807) is 0 Å². The maximum atomic E-state index is 9.45. The molecular formula is C14H23N3O. The number of aromatic nitrogens is 2. The Morgan fingerprint density at radius 3 is 3.06 bits per heavy atom. The summed E-state index contributed by atoms with van der Waals surface area (Å²) in [6.45, 7) is 0.0976. The number of hydrogen-bond acceptors (Lipinski definition) is 3. The molecule has 0 amide bonds. The van der Waals surface area contributed by atoms with Crippen molar-refractivity contribution in [3.05, 3.63) is 17.7 Å². The van der Waals surface area contributed by atoms with Crippen molar-refractivity contribution in [3.8, 4) is 0 Å². The number of fused-ring (bicyclic) bond motifs is 1. The van der Waals surface area contributed by atoms with Crippen LogP contribution in [0, 0.1) is 0 Å². The van der Waals surface area contributed by atoms with E-state index in [4.69, 9.17) is 5.73 Å². The van der Waals surface area contributed by atoms with Crippen molar-refractivity contribution in [2.45, 2.75) is 62.9 Å². The fourth-order valence-corrected chi connectivity index (χ4v) is 3.55. The summed E-state index contributed by atoms with van der Waals surface area (Å²) in [5, 5.41) is 9.45. The second-order valence-corrected chi connectivity index (χ2v) is 6.02. The SMILES string of the molecule is NC1(CO)CCCC(n2cnc3c2CCCC3)C1. The number of aliphatic hydroxyl groups excluding tert-OH is 1. The van der Waals surface area contributed by atoms with Gasteiger partial charge in [-0.1, -0.05) is 0 Å². The Morgan fingerprint density at radius 1 is 1.39 bits per heavy atom. The van der Waals surface area contributed by atoms with Gasteiger partial charge in [0.1, 0.15) is 0 Å². The minimum absolute atomic E-state index is 0.0976. The highest BCUT2D eigenvalue weighted by Crippen LogP contribution is 2.36. The summed E-state index contributed by atoms with van der Waals surface area (Å²) in [4.78, 5) is 4.57. The molecule has 2 unspecified atom stereocenters. The van der Waals surface area contributed by atoms with Crippen molar-refractivity contribution < 1.29 is 5.11 Å². The molecule has 0 aromatic carbocycles. The zero-order valence-corrected chi connectivity index (χ0v) is 10.9. The Hall–Kier alpha value is -0.870. The van der Waals surface area contributed by atoms with Crippen molar-refractivity contribution in [2.24, 2.45) is 5.73 Å². The van der Waals surface area contributed by atoms with Crippen molar-refractivity contribution >= 4 is 0 Å². The van der Waals surface area contributed by atoms with E-state index in [-0.39, 0.29) is 12.1 Å². The monoisotopic (exact) mass is 249 g/mol. The molecule has 3 rings (SSSR count). The number of imidazole rings is 1. The summed E-state index contributed by atoms with van der Waals surface area (Å²) in [6, 6.07) is 0.435. The topological polar surface area (TPSA) is 64.1 Å². The van der Waals surface area contributed by atoms with Gasteiger partial charge >= 0.3 is 0 Å². The minimum Gasteiger partial charge on any atom is -0.394 e. The van der Waals surface area contributed by atoms with Crippen molar-refractivity contribution in [3.63, 3.8) is 0 Å². The van der Waals surface area contributed by atoms with E-state index < -0.39 is 0 Å². The van der Waals surface area contributed by atoms with E-state index >= 15 is 0 Å². The van der Waals surface area contributed by atoms with Crippen LogP contribution in [0.25, 0.3) is 0 Å². The zero-order valence-electron chi connectivity index (χ0n) is 10.9. The fraction of sp³-hybridized carbons (Fsp3) is 0.786. The van der Waals surface area contributed by atoms with Gasteiger partial charge in [0, 0.05) is 17.3 Å². The lowest BCUT2D eigenvalue weighted by Crippen LogP contribution is -2.48. The van der Waals surface area contributed by atoms with Crippen LogP contribution in [0.1, 0.15) is 56.0 Å². The van der Waals surface area contributed by atoms with Gasteiger partial charge in [-0.15, -0.1) is 0 Å². The van der Waals surface area contributed by atoms with E-state index in [2.05, 4.69) is 9.55 Å². The number of nitrogens with two attached hydrogens (primary N) is 1. The van der Waals surface area contributed by atoms with Crippen LogP contribution in [0.5, 0.6) is 0 Å². The third-order valence-corrected chi connectivity index (χ3v) is 4.62. The van der Waals surface area contributed by atoms with Gasteiger partial charge in [0.2, 0.25) is 0 Å². The molecule has 1 saturated carbocycles. The Bertz CT molecular complexity index is 429. The highest BCUT2D eigenvalue weighted by atomic mass is 16.3. The summed E-state index contributed by atoms with van der Waals surface area (Å²) in [5.41, 5.74) is 8.58. The van der Waals surface area contributed by atoms with Gasteiger partial charge in [-0.3, -0.25) is 0 Å². The third-order valence-electron chi connectivity index (χ3n) is 4.62. The average molecular weight is 249 g/mol. The van der Waals surface area contributed by atoms with Crippen molar-refractivity contribution in [2.75, 3.05) is 6.61 Å². The largest absolute Gasteiger partial charge is 0.394 e. The molecule has 1 aromatic heterocycles. The van der Waals surface area contributed by atoms with Crippen LogP contribution in [0.2, 0.25) is 0 Å². The maximum absolute atomic E-state index is 9.45. The summed E-state index contributed by atoms with van der Waals surface area (Å²) in [6.07, 6.45) is 10.9. The Labute approximate surface area is 108 Å². The first-order valence-electron chi connectivity index (χ1n) is 7.16. The van der Waals surface area contributed by atoms with Crippen LogP contribution in [0.3, 0.4) is 0 Å². The standard InChI is InChI=1S/C14H23N3O/c15-14(9-18)7-3-4-11(8-14)17-10-16-12-5-1-2-6-13(12)17/h10-11,18H,1-9,15H2. The first kappa shape index (κ1) is 12.2. The fourth-order valence-electron chi connectivity index (χ4n) is 3.55. The molecule has 1 fully saturated rings. The second-order valence-electron chi connectivity index (χ2n) is 6.02. The summed E-state index contributed by atoms with van der Waals surface area (Å²) < 4.78 is 2.35. The molecule has 0 bridgehead atoms. The summed E-state index contributed by atoms with van der Waals surface area (Å²) >= 11 is 0. The van der Waals surface area contributed by atoms with E-state index in [9.17, 15) is 5.11 Å². The van der Waals surface area contributed by atoms with Crippen LogP contribution in [0.15, 0.2) is 6.33 Å². The zero-order chi connectivity index (χ0) is 12.6. The van der Waals surface area contributed by atoms with Crippen LogP contribution >= 0.6 is 0 Å². The Morgan fingerprint density at radius 2 is 2.22 bits per heavy atom. The van der Waals surface area contributed by atoms with Gasteiger partial charge in [-0.2, -0.15) is 0 Å². The normalized spacial score (nSPS) is 32.2. The molecule has 0 radical (unpaired) electrons. The molecule has 100 valence electrons. The van der Waals surface area contributed by atoms with Crippen LogP contribution < -0.4 is 5.73 Å². The van der Waals surface area contributed by atoms with Crippen molar-refractivity contribution in [1.82, 2.24) is 9.55 Å². The van der Waals surface area contributed by atoms with Gasteiger partial charge in [-0.05, 0) is 51.4 Å². The van der Waals surface area contributed by atoms with E-state index in [0.29, 0.717) is 6.04 Å². The minimum atomic E-state index is -0.380. The Kier molecular flexibility index (Phi) is 3.16. The number of aryl methyl sites for hydroxylation is 1. The molecule has 1 aromatic rings. The molecule has 2 aliphatic carbocycles. The number of aliphatic hydroxyl groups is 1. The van der Waals surface area contributed by atoms with Crippen LogP contribution in [-0.4, -0.2) is 26.8 Å². The molecule has 2 aliphatic rings. The summed E-state index contributed by atoms with van der Waals surface area (Å²) in [7, 11) is 0. The quantitative estimate of drug-likeness (QED) is 0.836. The lowest BCUT2D eigenvalue weighted by molar-refractivity contribution is 0.130. The molecule has 0 spiro atoms. The van der Waals surface area contributed by atoms with Gasteiger partial charge < -0.3 is 15.4 Å². The van der Waals surface area contributed by atoms with Gasteiger partial charge in [-0.25, -0.2) is 4.98 Å². The maximum Gasteiger partial charge on any atom is 0.0954 e. The Balaban J connectivity index is 1.84. The van der Waals surface area contributed by atoms with Crippen LogP contribution in [0.4, 0.5) is 0 Å². The van der Waals surface area contributed by atoms with Gasteiger partial charge in [0.15, 0.2) is 0 Å². The average Bonchev–Trinajstić information content (AvgIpc) is 2.83. The lowest BCUT2D eigenvalue weighted by Gasteiger charge is -2.37. The molecule has 0 aliphatic heterocycles. The molecule has 2 atom stereocenters. The van der Waals surface area contributed by atoms with Gasteiger partial charge in [0.05, 0.1) is 18.6 Å². The molecular weight excluding hydrogens is 226 g/mol. The second kappa shape index (κ2) is 4.67. The highest BCUT2D eigenvalue weighted by Gasteiger charge is 2.34. The molecule has 4 nitrogen and oxygen atoms in total. The first-order valence-corrected chi connectivity index (χ1v) is 7.16. The van der Waals surface area contributed by atoms with Gasteiger partial charge in [0.25, 0.3) is 0 Å². The number of hydrogen-bond donors (Lipinski definition) is 2. The van der Waals surface area contributed by atoms with E-state index in [1.165, 1.54) is 30.7 Å². The number of rotatable bonds is 2. The van der Waals surface area contributed by atoms with Crippen LogP contribution in [-0.2, 0) is 12.8 Å². The summed E-state index contributed by atoms with van der Waals surface area (Å²) in [5.74, 6) is 0. The molecule has 4 heteroatoms. The van der Waals surface area contributed by atoms with E-state index in [0.717, 1.165) is 32.1 Å². The number of nitrogens with zero attached hydrogens (tertiary/aromatic N) is 2. The van der Waals surface area contributed by atoms with Crippen molar-refractivity contribution in [1.29, 1.82) is 0 Å². The first-order chi connectivity index (χ1) is 8.72. The molecule has 18 heavy (non-hydrogen) atoms. The predicted molar refractivity (Wildman–Crippen MR) is 70.4 cm³/mol. The predicted octanol–water partition coefficient (Wildman–Crippen LogP) is 1.57. The smallest absolute Gasteiger partial charge is 0.0954 e. The third kappa shape index (κ3) is 2.08. The molecule has 3 N–H and O–H groups in total. The highest BCUT2D eigenvalue weighted by molar-refractivity contribution is 5.17. The lowest BCUT2D eigenvalue weighted by atomic mass is 9.80.